The van der Waals surface area contributed by atoms with Crippen LogP contribution in [0.2, 0.25) is 0 Å². The molecule has 7 rings (SSSR count). The van der Waals surface area contributed by atoms with Crippen LogP contribution in [0.1, 0.15) is 25.0 Å². The molecule has 2 heterocycles. The molecule has 0 aliphatic carbocycles. The number of aromatic nitrogens is 1. The van der Waals surface area contributed by atoms with E-state index in [1.54, 1.807) is 36.5 Å². The summed E-state index contributed by atoms with van der Waals surface area (Å²) < 4.78 is 28.4. The first-order valence-corrected chi connectivity index (χ1v) is 17.3. The molecular formula is C43H38N4O7. The minimum Gasteiger partial charge on any atom is -0.496 e. The maximum Gasteiger partial charge on any atom is 0.352 e. The molecule has 0 saturated carbocycles. The highest BCUT2D eigenvalue weighted by atomic mass is 16.7. The predicted octanol–water partition coefficient (Wildman–Crippen LogP) is 8.48. The molecule has 0 bridgehead atoms. The lowest BCUT2D eigenvalue weighted by Gasteiger charge is -2.34. The number of nitrogens with one attached hydrogen (secondary N) is 2. The molecule has 5 aromatic carbocycles. The maximum atomic E-state index is 13.7. The van der Waals surface area contributed by atoms with Gasteiger partial charge in [-0.3, -0.25) is 5.01 Å². The van der Waals surface area contributed by atoms with Gasteiger partial charge in [-0.25, -0.2) is 20.0 Å². The molecule has 272 valence electrons. The Bertz CT molecular complexity index is 2230. The minimum atomic E-state index is -1.45. The zero-order valence-electron chi connectivity index (χ0n) is 29.9. The van der Waals surface area contributed by atoms with Crippen molar-refractivity contribution in [3.05, 3.63) is 163 Å². The molecule has 0 atom stereocenters. The molecule has 6 aromatic rings. The highest BCUT2D eigenvalue weighted by Gasteiger charge is 2.42. The van der Waals surface area contributed by atoms with Crippen LogP contribution in [0.5, 0.6) is 17.2 Å². The fourth-order valence-corrected chi connectivity index (χ4v) is 5.93. The van der Waals surface area contributed by atoms with Gasteiger partial charge in [0, 0.05) is 32.1 Å². The van der Waals surface area contributed by atoms with E-state index < -0.39 is 17.7 Å². The van der Waals surface area contributed by atoms with Crippen LogP contribution in [-0.4, -0.2) is 34.8 Å². The number of oxazole rings is 1. The Morgan fingerprint density at radius 1 is 0.759 bits per heavy atom. The van der Waals surface area contributed by atoms with Gasteiger partial charge < -0.3 is 28.7 Å². The molecule has 11 nitrogen and oxygen atoms in total. The van der Waals surface area contributed by atoms with Gasteiger partial charge in [0.1, 0.15) is 23.1 Å². The largest absolute Gasteiger partial charge is 0.496 e. The van der Waals surface area contributed by atoms with Gasteiger partial charge in [0.15, 0.2) is 17.7 Å². The number of ether oxygens (including phenoxy) is 4. The second-order valence-corrected chi connectivity index (χ2v) is 12.9. The predicted molar refractivity (Wildman–Crippen MR) is 203 cm³/mol. The molecule has 1 aliphatic rings. The molecule has 1 fully saturated rings. The minimum absolute atomic E-state index is 0.110. The number of para-hydroxylation sites is 1. The number of esters is 2. The van der Waals surface area contributed by atoms with E-state index in [4.69, 9.17) is 23.4 Å². The summed E-state index contributed by atoms with van der Waals surface area (Å²) in [5, 5.41) is 5.02. The third-order valence-corrected chi connectivity index (χ3v) is 8.51. The van der Waals surface area contributed by atoms with E-state index in [9.17, 15) is 9.59 Å². The number of carbonyl (C=O) groups is 2. The fourth-order valence-electron chi connectivity index (χ4n) is 5.93. The molecule has 1 aromatic heterocycles. The number of anilines is 1. The van der Waals surface area contributed by atoms with Crippen molar-refractivity contribution >= 4 is 17.6 Å². The van der Waals surface area contributed by atoms with Gasteiger partial charge in [-0.2, -0.15) is 0 Å². The van der Waals surface area contributed by atoms with Crippen LogP contribution in [-0.2, 0) is 32.2 Å². The van der Waals surface area contributed by atoms with Crippen LogP contribution >= 0.6 is 0 Å². The summed E-state index contributed by atoms with van der Waals surface area (Å²) in [5.41, 5.74) is 8.26. The van der Waals surface area contributed by atoms with Crippen molar-refractivity contribution in [2.75, 3.05) is 12.4 Å². The number of nitrogens with zero attached hydrogens (tertiary/aromatic N) is 2. The molecule has 0 amide bonds. The lowest BCUT2D eigenvalue weighted by atomic mass is 10.0. The van der Waals surface area contributed by atoms with Crippen molar-refractivity contribution in [2.45, 2.75) is 32.7 Å². The molecule has 1 aliphatic heterocycles. The van der Waals surface area contributed by atoms with Gasteiger partial charge in [-0.05, 0) is 64.7 Å². The summed E-state index contributed by atoms with van der Waals surface area (Å²) in [7, 11) is 1.54. The summed E-state index contributed by atoms with van der Waals surface area (Å²) in [6.45, 7) is 3.55. The first kappa shape index (κ1) is 35.5. The van der Waals surface area contributed by atoms with E-state index >= 15 is 0 Å². The number of hydrogen-bond donors (Lipinski definition) is 2. The van der Waals surface area contributed by atoms with Crippen molar-refractivity contribution < 1.29 is 33.0 Å². The molecule has 0 spiro atoms. The normalized spacial score (nSPS) is 13.4. The van der Waals surface area contributed by atoms with Crippen LogP contribution < -0.4 is 20.2 Å². The highest BCUT2D eigenvalue weighted by molar-refractivity contribution is 6.16. The van der Waals surface area contributed by atoms with Gasteiger partial charge >= 0.3 is 11.9 Å². The highest BCUT2D eigenvalue weighted by Crippen LogP contribution is 2.34. The second-order valence-electron chi connectivity index (χ2n) is 12.9. The number of methoxy groups -OCH3 is 1. The van der Waals surface area contributed by atoms with Crippen LogP contribution in [0, 0.1) is 0 Å². The van der Waals surface area contributed by atoms with E-state index in [0.29, 0.717) is 40.8 Å². The zero-order chi connectivity index (χ0) is 37.5. The third-order valence-electron chi connectivity index (χ3n) is 8.51. The lowest BCUT2D eigenvalue weighted by molar-refractivity contribution is -0.222. The number of carbonyl (C=O) groups excluding carboxylic acids is 2. The maximum absolute atomic E-state index is 13.7. The molecule has 11 heteroatoms. The SMILES string of the molecule is COc1cc(NC(=C2C(=O)OC(C)(C)OC2=O)N(Cc2ccc(Oc3ccccc3)cc2)NCc2cccc(-c3ccccc3)c2)ccc1-c1cnco1. The average molecular weight is 723 g/mol. The van der Waals surface area contributed by atoms with Crippen molar-refractivity contribution in [1.82, 2.24) is 15.4 Å². The summed E-state index contributed by atoms with van der Waals surface area (Å²) in [4.78, 5) is 31.4. The van der Waals surface area contributed by atoms with Gasteiger partial charge in [0.25, 0.3) is 5.79 Å². The Balaban J connectivity index is 1.27. The van der Waals surface area contributed by atoms with Gasteiger partial charge in [-0.1, -0.05) is 78.9 Å². The van der Waals surface area contributed by atoms with Crippen molar-refractivity contribution in [2.24, 2.45) is 0 Å². The standard InChI is InChI=1S/C43H38N4O7/c1-43(2)53-41(48)39(42(49)54-43)40(46-33-19-22-36(37(24-33)50-3)38-26-44-28-51-38)47(27-29-17-20-35(21-18-29)52-34-15-8-5-9-16-34)45-25-30-11-10-14-32(23-30)31-12-6-4-7-13-31/h4-24,26,28,45-46H,25,27H2,1-3H3. The number of benzene rings is 5. The topological polar surface area (TPSA) is 124 Å². The van der Waals surface area contributed by atoms with Crippen LogP contribution in [0.4, 0.5) is 5.69 Å². The van der Waals surface area contributed by atoms with E-state index in [1.807, 2.05) is 84.9 Å². The summed E-state index contributed by atoms with van der Waals surface area (Å²) >= 11 is 0. The number of hydrogen-bond acceptors (Lipinski definition) is 11. The quantitative estimate of drug-likeness (QED) is 0.0516. The summed E-state index contributed by atoms with van der Waals surface area (Å²) in [5.74, 6) is -0.665. The zero-order valence-corrected chi connectivity index (χ0v) is 29.9. The molecule has 0 unspecified atom stereocenters. The van der Waals surface area contributed by atoms with E-state index in [0.717, 1.165) is 22.3 Å². The number of rotatable bonds is 13. The summed E-state index contributed by atoms with van der Waals surface area (Å²) in [6.07, 6.45) is 2.92. The van der Waals surface area contributed by atoms with Gasteiger partial charge in [0.05, 0.1) is 25.4 Å². The smallest absolute Gasteiger partial charge is 0.352 e. The number of hydrazine groups is 1. The lowest BCUT2D eigenvalue weighted by Crippen LogP contribution is -2.46. The van der Waals surface area contributed by atoms with Crippen LogP contribution in [0.25, 0.3) is 22.5 Å². The average Bonchev–Trinajstić information content (AvgIpc) is 3.72. The van der Waals surface area contributed by atoms with Gasteiger partial charge in [-0.15, -0.1) is 0 Å². The summed E-state index contributed by atoms with van der Waals surface area (Å²) in [6, 6.07) is 40.6. The van der Waals surface area contributed by atoms with Crippen molar-refractivity contribution in [3.63, 3.8) is 0 Å². The first-order valence-electron chi connectivity index (χ1n) is 17.3. The molecule has 0 radical (unpaired) electrons. The molecule has 1 saturated heterocycles. The van der Waals surface area contributed by atoms with Crippen molar-refractivity contribution in [3.8, 4) is 39.7 Å². The molecule has 54 heavy (non-hydrogen) atoms. The fraction of sp³-hybridized carbons (Fsp3) is 0.140. The first-order chi connectivity index (χ1) is 26.2. The molecule has 2 N–H and O–H groups in total. The third kappa shape index (κ3) is 8.43. The Morgan fingerprint density at radius 3 is 2.13 bits per heavy atom. The Kier molecular flexibility index (Phi) is 10.4. The second kappa shape index (κ2) is 15.8. The monoisotopic (exact) mass is 722 g/mol. The van der Waals surface area contributed by atoms with Crippen molar-refractivity contribution in [1.29, 1.82) is 0 Å². The van der Waals surface area contributed by atoms with Crippen LogP contribution in [0.3, 0.4) is 0 Å². The van der Waals surface area contributed by atoms with E-state index in [2.05, 4.69) is 40.0 Å². The van der Waals surface area contributed by atoms with E-state index in [1.165, 1.54) is 20.2 Å². The Morgan fingerprint density at radius 2 is 1.44 bits per heavy atom. The molecular weight excluding hydrogens is 684 g/mol. The van der Waals surface area contributed by atoms with E-state index in [-0.39, 0.29) is 17.9 Å². The van der Waals surface area contributed by atoms with Crippen LogP contribution in [0.15, 0.2) is 156 Å². The Hall–Kier alpha value is -6.85. The Labute approximate surface area is 312 Å². The van der Waals surface area contributed by atoms with Gasteiger partial charge in [0.2, 0.25) is 0 Å². The number of cyclic esters (lactones) is 2.